The number of methoxy groups -OCH3 is 1. The number of nitrogens with one attached hydrogen (secondary N) is 2. The molecular weight excluding hydrogens is 204 g/mol. The van der Waals surface area contributed by atoms with E-state index in [-0.39, 0.29) is 10.6 Å². The van der Waals surface area contributed by atoms with Gasteiger partial charge in [-0.15, -0.1) is 0 Å². The summed E-state index contributed by atoms with van der Waals surface area (Å²) in [6.45, 7) is 2.07. The van der Waals surface area contributed by atoms with Crippen molar-refractivity contribution in [3.8, 4) is 0 Å². The Morgan fingerprint density at radius 1 is 1.64 bits per heavy atom. The van der Waals surface area contributed by atoms with E-state index in [9.17, 15) is 0 Å². The molecule has 1 rings (SSSR count). The van der Waals surface area contributed by atoms with Gasteiger partial charge < -0.3 is 4.74 Å². The molecule has 1 heterocycles. The fourth-order valence-electron chi connectivity index (χ4n) is 1.07. The molecule has 6 heteroatoms. The van der Waals surface area contributed by atoms with Gasteiger partial charge in [0, 0.05) is 12.7 Å². The molecular formula is C8H11ClN4O. The fourth-order valence-corrected chi connectivity index (χ4v) is 1.27. The predicted octanol–water partition coefficient (Wildman–Crippen LogP) is 0.926. The third kappa shape index (κ3) is 1.83. The van der Waals surface area contributed by atoms with Gasteiger partial charge in [0.2, 0.25) is 0 Å². The fraction of sp³-hybridized carbons (Fsp3) is 0.375. The van der Waals surface area contributed by atoms with Crippen LogP contribution in [-0.4, -0.2) is 23.2 Å². The van der Waals surface area contributed by atoms with E-state index >= 15 is 0 Å². The average molecular weight is 215 g/mol. The maximum absolute atomic E-state index is 7.70. The minimum absolute atomic E-state index is 0.128. The molecule has 0 aliphatic carbocycles. The lowest BCUT2D eigenvalue weighted by Crippen LogP contribution is -2.27. The van der Waals surface area contributed by atoms with E-state index in [0.29, 0.717) is 12.2 Å². The third-order valence-corrected chi connectivity index (χ3v) is 2.24. The van der Waals surface area contributed by atoms with Crippen LogP contribution in [0, 0.1) is 17.7 Å². The number of aromatic nitrogens is 2. The first-order valence-corrected chi connectivity index (χ1v) is 4.31. The molecule has 0 aliphatic rings. The summed E-state index contributed by atoms with van der Waals surface area (Å²) < 4.78 is 6.05. The van der Waals surface area contributed by atoms with Crippen LogP contribution in [-0.2, 0) is 11.3 Å². The second-order valence-corrected chi connectivity index (χ2v) is 3.11. The molecule has 0 spiro atoms. The van der Waals surface area contributed by atoms with Crippen LogP contribution in [0.1, 0.15) is 11.1 Å². The number of nitrogens with zero attached hydrogens (tertiary/aromatic N) is 2. The van der Waals surface area contributed by atoms with Gasteiger partial charge >= 0.3 is 0 Å². The lowest BCUT2D eigenvalue weighted by Gasteiger charge is -2.08. The molecule has 0 saturated carbocycles. The molecule has 0 aromatic carbocycles. The second-order valence-electron chi connectivity index (χ2n) is 2.75. The van der Waals surface area contributed by atoms with Crippen molar-refractivity contribution in [1.29, 1.82) is 10.8 Å². The van der Waals surface area contributed by atoms with Crippen molar-refractivity contribution >= 4 is 17.9 Å². The molecule has 0 amide bonds. The monoisotopic (exact) mass is 214 g/mol. The van der Waals surface area contributed by atoms with Gasteiger partial charge in [-0.1, -0.05) is 11.6 Å². The maximum atomic E-state index is 7.70. The number of ether oxygens (including phenoxy) is 1. The molecule has 0 saturated heterocycles. The maximum Gasteiger partial charge on any atom is 0.153 e. The largest absolute Gasteiger partial charge is 0.380 e. The number of hydrogen-bond acceptors (Lipinski definition) is 4. The Morgan fingerprint density at radius 3 is 2.79 bits per heavy atom. The van der Waals surface area contributed by atoms with Crippen molar-refractivity contribution in [2.24, 2.45) is 0 Å². The molecule has 0 aliphatic heterocycles. The Balaban J connectivity index is 3.44. The van der Waals surface area contributed by atoms with E-state index < -0.39 is 0 Å². The van der Waals surface area contributed by atoms with Crippen LogP contribution in [0.25, 0.3) is 0 Å². The summed E-state index contributed by atoms with van der Waals surface area (Å²) in [7, 11) is 1.54. The Hall–Kier alpha value is -1.20. The number of rotatable bonds is 3. The predicted molar refractivity (Wildman–Crippen MR) is 52.7 cm³/mol. The lowest BCUT2D eigenvalue weighted by molar-refractivity contribution is 0.182. The minimum atomic E-state index is 0.128. The molecule has 0 atom stereocenters. The van der Waals surface area contributed by atoms with Crippen LogP contribution in [0.15, 0.2) is 0 Å². The Labute approximate surface area is 86.3 Å². The molecule has 76 valence electrons. The van der Waals surface area contributed by atoms with Crippen molar-refractivity contribution < 1.29 is 4.74 Å². The summed E-state index contributed by atoms with van der Waals surface area (Å²) in [6, 6.07) is 0. The summed E-state index contributed by atoms with van der Waals surface area (Å²) in [4.78, 5) is 0. The lowest BCUT2D eigenvalue weighted by atomic mass is 10.2. The van der Waals surface area contributed by atoms with E-state index in [1.54, 1.807) is 14.0 Å². The van der Waals surface area contributed by atoms with Gasteiger partial charge in [-0.05, 0) is 12.5 Å². The van der Waals surface area contributed by atoms with Gasteiger partial charge in [-0.25, -0.2) is 4.68 Å². The SMILES string of the molecule is COCc1c(C)c(Cl)nn(C=N)c1=N. The summed E-state index contributed by atoms with van der Waals surface area (Å²) >= 11 is 5.83. The van der Waals surface area contributed by atoms with Gasteiger partial charge in [0.15, 0.2) is 10.6 Å². The van der Waals surface area contributed by atoms with Gasteiger partial charge in [0.05, 0.1) is 6.61 Å². The standard InChI is InChI=1S/C8H11ClN4O/c1-5-6(3-14-2)8(11)13(4-10)12-7(5)9/h4,10-11H,3H2,1-2H3. The molecule has 0 radical (unpaired) electrons. The van der Waals surface area contributed by atoms with Gasteiger partial charge in [-0.3, -0.25) is 10.8 Å². The molecule has 0 fully saturated rings. The van der Waals surface area contributed by atoms with Crippen LogP contribution in [0.3, 0.4) is 0 Å². The third-order valence-electron chi connectivity index (χ3n) is 1.88. The van der Waals surface area contributed by atoms with E-state index in [1.165, 1.54) is 0 Å². The number of hydrogen-bond donors (Lipinski definition) is 2. The molecule has 1 aromatic heterocycles. The second kappa shape index (κ2) is 4.34. The highest BCUT2D eigenvalue weighted by Gasteiger charge is 2.08. The Kier molecular flexibility index (Phi) is 3.38. The van der Waals surface area contributed by atoms with Crippen molar-refractivity contribution in [3.05, 3.63) is 21.8 Å². The first-order valence-electron chi connectivity index (χ1n) is 3.93. The zero-order valence-corrected chi connectivity index (χ0v) is 8.72. The Bertz CT molecular complexity index is 413. The van der Waals surface area contributed by atoms with Crippen molar-refractivity contribution in [2.45, 2.75) is 13.5 Å². The van der Waals surface area contributed by atoms with Crippen LogP contribution in [0.5, 0.6) is 0 Å². The van der Waals surface area contributed by atoms with Crippen molar-refractivity contribution in [1.82, 2.24) is 9.78 Å². The van der Waals surface area contributed by atoms with E-state index in [2.05, 4.69) is 5.10 Å². The van der Waals surface area contributed by atoms with Crippen molar-refractivity contribution in [2.75, 3.05) is 7.11 Å². The summed E-state index contributed by atoms with van der Waals surface area (Å²) in [5, 5.41) is 18.9. The first-order chi connectivity index (χ1) is 6.61. The smallest absolute Gasteiger partial charge is 0.153 e. The summed E-state index contributed by atoms with van der Waals surface area (Å²) in [6.07, 6.45) is 0.937. The van der Waals surface area contributed by atoms with Crippen LogP contribution < -0.4 is 5.49 Å². The Morgan fingerprint density at radius 2 is 2.29 bits per heavy atom. The minimum Gasteiger partial charge on any atom is -0.380 e. The van der Waals surface area contributed by atoms with E-state index in [1.807, 2.05) is 0 Å². The highest BCUT2D eigenvalue weighted by molar-refractivity contribution is 6.30. The highest BCUT2D eigenvalue weighted by Crippen LogP contribution is 2.12. The van der Waals surface area contributed by atoms with Crippen LogP contribution in [0.4, 0.5) is 0 Å². The molecule has 14 heavy (non-hydrogen) atoms. The molecule has 0 unspecified atom stereocenters. The van der Waals surface area contributed by atoms with E-state index in [0.717, 1.165) is 16.6 Å². The van der Waals surface area contributed by atoms with Gasteiger partial charge in [-0.2, -0.15) is 5.10 Å². The quantitative estimate of drug-likeness (QED) is 0.580. The number of halogens is 1. The average Bonchev–Trinajstić information content (AvgIpc) is 2.18. The molecule has 0 bridgehead atoms. The molecule has 2 N–H and O–H groups in total. The molecule has 1 aromatic rings. The summed E-state index contributed by atoms with van der Waals surface area (Å²) in [5.41, 5.74) is 1.50. The highest BCUT2D eigenvalue weighted by atomic mass is 35.5. The first kappa shape index (κ1) is 10.9. The molecule has 5 nitrogen and oxygen atoms in total. The van der Waals surface area contributed by atoms with Crippen molar-refractivity contribution in [3.63, 3.8) is 0 Å². The van der Waals surface area contributed by atoms with Crippen LogP contribution in [0.2, 0.25) is 5.15 Å². The van der Waals surface area contributed by atoms with E-state index in [4.69, 9.17) is 27.2 Å². The summed E-state index contributed by atoms with van der Waals surface area (Å²) in [5.74, 6) is 0. The van der Waals surface area contributed by atoms with Crippen LogP contribution >= 0.6 is 11.6 Å². The topological polar surface area (TPSA) is 74.8 Å². The zero-order valence-electron chi connectivity index (χ0n) is 7.97. The van der Waals surface area contributed by atoms with Gasteiger partial charge in [0.1, 0.15) is 6.34 Å². The van der Waals surface area contributed by atoms with Gasteiger partial charge in [0.25, 0.3) is 0 Å². The normalized spacial score (nSPS) is 10.2. The zero-order chi connectivity index (χ0) is 10.7.